The summed E-state index contributed by atoms with van der Waals surface area (Å²) in [5, 5.41) is 9.40. The van der Waals surface area contributed by atoms with Gasteiger partial charge in [-0.2, -0.15) is 0 Å². The molecule has 0 amide bonds. The first-order valence-electron chi connectivity index (χ1n) is 7.35. The molecule has 0 unspecified atom stereocenters. The highest BCUT2D eigenvalue weighted by Gasteiger charge is 2.51. The molecule has 2 aliphatic carbocycles. The first kappa shape index (κ1) is 14.4. The Morgan fingerprint density at radius 2 is 1.63 bits per heavy atom. The van der Waals surface area contributed by atoms with Gasteiger partial charge in [0.1, 0.15) is 5.60 Å². The Kier molecular flexibility index (Phi) is 3.88. The van der Waals surface area contributed by atoms with E-state index in [0.29, 0.717) is 18.8 Å². The van der Waals surface area contributed by atoms with E-state index >= 15 is 0 Å². The number of carboxylic acid groups (broad SMARTS) is 1. The zero-order chi connectivity index (χ0) is 14.1. The Labute approximate surface area is 114 Å². The third kappa shape index (κ3) is 2.63. The molecule has 0 spiro atoms. The minimum absolute atomic E-state index is 0.365. The van der Waals surface area contributed by atoms with Crippen molar-refractivity contribution < 1.29 is 19.4 Å². The maximum absolute atomic E-state index is 12.4. The van der Waals surface area contributed by atoms with Gasteiger partial charge in [0.25, 0.3) is 0 Å². The van der Waals surface area contributed by atoms with Gasteiger partial charge in [-0.25, -0.2) is 0 Å². The number of hydrogen-bond donors (Lipinski definition) is 1. The zero-order valence-corrected chi connectivity index (χ0v) is 11.9. The van der Waals surface area contributed by atoms with Gasteiger partial charge in [0.2, 0.25) is 0 Å². The number of carboxylic acids is 1. The number of ether oxygens (including phenoxy) is 1. The fourth-order valence-electron chi connectivity index (χ4n) is 3.52. The average molecular weight is 268 g/mol. The summed E-state index contributed by atoms with van der Waals surface area (Å²) in [5.74, 6) is -1.17. The van der Waals surface area contributed by atoms with Crippen LogP contribution >= 0.6 is 0 Å². The molecule has 0 saturated heterocycles. The van der Waals surface area contributed by atoms with Gasteiger partial charge in [-0.15, -0.1) is 0 Å². The summed E-state index contributed by atoms with van der Waals surface area (Å²) >= 11 is 0. The van der Waals surface area contributed by atoms with Crippen LogP contribution in [0.15, 0.2) is 0 Å². The van der Waals surface area contributed by atoms with E-state index in [1.807, 2.05) is 13.8 Å². The number of rotatable bonds is 4. The number of hydrogen-bond acceptors (Lipinski definition) is 3. The van der Waals surface area contributed by atoms with Crippen LogP contribution in [0.5, 0.6) is 0 Å². The minimum Gasteiger partial charge on any atom is -0.480 e. The van der Waals surface area contributed by atoms with E-state index in [0.717, 1.165) is 25.7 Å². The normalized spacial score (nSPS) is 23.5. The highest BCUT2D eigenvalue weighted by Crippen LogP contribution is 2.43. The molecular weight excluding hydrogens is 244 g/mol. The summed E-state index contributed by atoms with van der Waals surface area (Å²) in [6.45, 7) is 3.84. The van der Waals surface area contributed by atoms with E-state index < -0.39 is 23.0 Å². The van der Waals surface area contributed by atoms with E-state index in [1.165, 1.54) is 12.8 Å². The monoisotopic (exact) mass is 268 g/mol. The Hall–Kier alpha value is -1.06. The average Bonchev–Trinajstić information content (AvgIpc) is 3.01. The summed E-state index contributed by atoms with van der Waals surface area (Å²) < 4.78 is 5.65. The maximum atomic E-state index is 12.4. The number of esters is 1. The highest BCUT2D eigenvalue weighted by molar-refractivity contribution is 5.99. The van der Waals surface area contributed by atoms with Gasteiger partial charge in [0, 0.05) is 0 Å². The van der Waals surface area contributed by atoms with Crippen molar-refractivity contribution in [3.8, 4) is 0 Å². The molecule has 0 radical (unpaired) electrons. The molecule has 0 atom stereocenters. The van der Waals surface area contributed by atoms with Gasteiger partial charge in [-0.3, -0.25) is 9.59 Å². The molecule has 19 heavy (non-hydrogen) atoms. The van der Waals surface area contributed by atoms with Crippen LogP contribution in [-0.4, -0.2) is 22.6 Å². The molecule has 2 aliphatic rings. The molecule has 0 heterocycles. The topological polar surface area (TPSA) is 63.6 Å². The van der Waals surface area contributed by atoms with Crippen LogP contribution in [0.2, 0.25) is 0 Å². The Morgan fingerprint density at radius 3 is 2.11 bits per heavy atom. The van der Waals surface area contributed by atoms with Crippen molar-refractivity contribution in [2.75, 3.05) is 0 Å². The van der Waals surface area contributed by atoms with Gasteiger partial charge in [0.05, 0.1) is 0 Å². The van der Waals surface area contributed by atoms with Crippen molar-refractivity contribution in [2.24, 2.45) is 11.3 Å². The molecule has 1 N–H and O–H groups in total. The molecule has 0 aromatic rings. The SMILES string of the molecule is CC(C)(OC(=O)C1(C(=O)O)CCCC1)C1CCCC1. The molecule has 0 aliphatic heterocycles. The van der Waals surface area contributed by atoms with Gasteiger partial charge in [0.15, 0.2) is 5.41 Å². The maximum Gasteiger partial charge on any atom is 0.324 e. The van der Waals surface area contributed by atoms with E-state index in [2.05, 4.69) is 0 Å². The Morgan fingerprint density at radius 1 is 1.11 bits per heavy atom. The second-order valence-corrected chi connectivity index (χ2v) is 6.57. The van der Waals surface area contributed by atoms with Crippen LogP contribution in [0.4, 0.5) is 0 Å². The Balaban J connectivity index is 2.08. The predicted molar refractivity (Wildman–Crippen MR) is 70.7 cm³/mol. The third-order valence-electron chi connectivity index (χ3n) is 4.95. The highest BCUT2D eigenvalue weighted by atomic mass is 16.6. The van der Waals surface area contributed by atoms with E-state index in [4.69, 9.17) is 4.74 Å². The number of aliphatic carboxylic acids is 1. The smallest absolute Gasteiger partial charge is 0.324 e. The summed E-state index contributed by atoms with van der Waals surface area (Å²) in [7, 11) is 0. The lowest BCUT2D eigenvalue weighted by Gasteiger charge is -2.34. The van der Waals surface area contributed by atoms with Crippen LogP contribution in [0, 0.1) is 11.3 Å². The molecule has 2 rings (SSSR count). The molecule has 2 fully saturated rings. The Bertz CT molecular complexity index is 360. The van der Waals surface area contributed by atoms with Gasteiger partial charge < -0.3 is 9.84 Å². The third-order valence-corrected chi connectivity index (χ3v) is 4.95. The first-order chi connectivity index (χ1) is 8.88. The largest absolute Gasteiger partial charge is 0.480 e. The van der Waals surface area contributed by atoms with E-state index in [9.17, 15) is 14.7 Å². The van der Waals surface area contributed by atoms with E-state index in [-0.39, 0.29) is 0 Å². The molecule has 0 aromatic carbocycles. The minimum atomic E-state index is -1.28. The van der Waals surface area contributed by atoms with Crippen molar-refractivity contribution >= 4 is 11.9 Å². The molecule has 4 nitrogen and oxygen atoms in total. The summed E-state index contributed by atoms with van der Waals surface area (Å²) in [4.78, 5) is 23.8. The van der Waals surface area contributed by atoms with Crippen LogP contribution in [-0.2, 0) is 14.3 Å². The van der Waals surface area contributed by atoms with E-state index in [1.54, 1.807) is 0 Å². The molecule has 4 heteroatoms. The summed E-state index contributed by atoms with van der Waals surface area (Å²) in [5.41, 5.74) is -1.82. The van der Waals surface area contributed by atoms with Crippen LogP contribution in [0.25, 0.3) is 0 Å². The predicted octanol–water partition coefficient (Wildman–Crippen LogP) is 3.14. The van der Waals surface area contributed by atoms with Crippen LogP contribution < -0.4 is 0 Å². The fourth-order valence-corrected chi connectivity index (χ4v) is 3.52. The van der Waals surface area contributed by atoms with Crippen molar-refractivity contribution in [2.45, 2.75) is 70.8 Å². The second kappa shape index (κ2) is 5.14. The van der Waals surface area contributed by atoms with Gasteiger partial charge >= 0.3 is 11.9 Å². The van der Waals surface area contributed by atoms with Crippen molar-refractivity contribution in [3.63, 3.8) is 0 Å². The van der Waals surface area contributed by atoms with Gasteiger partial charge in [-0.1, -0.05) is 25.7 Å². The zero-order valence-electron chi connectivity index (χ0n) is 11.9. The standard InChI is InChI=1S/C15H24O4/c1-14(2,11-7-3-4-8-11)19-13(18)15(12(16)17)9-5-6-10-15/h11H,3-10H2,1-2H3,(H,16,17). The fraction of sp³-hybridized carbons (Fsp3) is 0.867. The summed E-state index contributed by atoms with van der Waals surface area (Å²) in [6, 6.07) is 0. The van der Waals surface area contributed by atoms with Crippen molar-refractivity contribution in [3.05, 3.63) is 0 Å². The van der Waals surface area contributed by atoms with Crippen LogP contribution in [0.1, 0.15) is 65.2 Å². The van der Waals surface area contributed by atoms with Crippen LogP contribution in [0.3, 0.4) is 0 Å². The van der Waals surface area contributed by atoms with Gasteiger partial charge in [-0.05, 0) is 45.4 Å². The number of carbonyl (C=O) groups is 2. The quantitative estimate of drug-likeness (QED) is 0.628. The van der Waals surface area contributed by atoms with Crippen molar-refractivity contribution in [1.82, 2.24) is 0 Å². The molecule has 0 bridgehead atoms. The molecular formula is C15H24O4. The first-order valence-corrected chi connectivity index (χ1v) is 7.35. The van der Waals surface area contributed by atoms with Crippen molar-refractivity contribution in [1.29, 1.82) is 0 Å². The molecule has 0 aromatic heterocycles. The number of carbonyl (C=O) groups excluding carboxylic acids is 1. The summed E-state index contributed by atoms with van der Waals surface area (Å²) in [6.07, 6.45) is 6.92. The molecule has 2 saturated carbocycles. The second-order valence-electron chi connectivity index (χ2n) is 6.57. The molecule has 108 valence electrons. The lowest BCUT2D eigenvalue weighted by Crippen LogP contribution is -2.44. The lowest BCUT2D eigenvalue weighted by atomic mass is 9.84. The lowest BCUT2D eigenvalue weighted by molar-refractivity contribution is -0.181.